The maximum atomic E-state index is 9.41. The predicted octanol–water partition coefficient (Wildman–Crippen LogP) is 1.21. The number of phenols is 1. The molecule has 1 aromatic heterocycles. The molecule has 2 aromatic rings. The number of hydrogen-bond acceptors (Lipinski definition) is 5. The van der Waals surface area contributed by atoms with E-state index in [0.717, 1.165) is 11.1 Å². The lowest BCUT2D eigenvalue weighted by atomic mass is 10.1. The number of rotatable bonds is 2. The highest BCUT2D eigenvalue weighted by Gasteiger charge is 2.08. The molecule has 0 aliphatic carbocycles. The van der Waals surface area contributed by atoms with Gasteiger partial charge in [-0.05, 0) is 30.7 Å². The van der Waals surface area contributed by atoms with Crippen molar-refractivity contribution in [2.45, 2.75) is 13.5 Å². The number of nitrogens with zero attached hydrogens (tertiary/aromatic N) is 2. The van der Waals surface area contributed by atoms with Crippen LogP contribution in [-0.2, 0) is 6.54 Å². The smallest absolute Gasteiger partial charge is 0.240 e. The molecule has 0 radical (unpaired) electrons. The van der Waals surface area contributed by atoms with Gasteiger partial charge in [0.1, 0.15) is 5.75 Å². The van der Waals surface area contributed by atoms with Gasteiger partial charge < -0.3 is 15.4 Å². The molecule has 5 heteroatoms. The summed E-state index contributed by atoms with van der Waals surface area (Å²) in [6, 6.07) is 5.11. The molecule has 0 atom stereocenters. The number of benzene rings is 1. The van der Waals surface area contributed by atoms with Crippen LogP contribution in [-0.4, -0.2) is 15.2 Å². The third-order valence-corrected chi connectivity index (χ3v) is 1.96. The van der Waals surface area contributed by atoms with Crippen LogP contribution in [0.1, 0.15) is 11.5 Å². The zero-order chi connectivity index (χ0) is 10.8. The molecular weight excluding hydrogens is 194 g/mol. The number of aromatic nitrogens is 2. The molecule has 0 spiro atoms. The van der Waals surface area contributed by atoms with E-state index in [2.05, 4.69) is 10.1 Å². The lowest BCUT2D eigenvalue weighted by Gasteiger charge is -1.98. The number of hydrogen-bond donors (Lipinski definition) is 2. The van der Waals surface area contributed by atoms with E-state index < -0.39 is 0 Å². The van der Waals surface area contributed by atoms with E-state index in [9.17, 15) is 5.11 Å². The van der Waals surface area contributed by atoms with Crippen molar-refractivity contribution in [2.24, 2.45) is 5.73 Å². The van der Waals surface area contributed by atoms with Crippen LogP contribution in [0, 0.1) is 6.92 Å². The number of aryl methyl sites for hydroxylation is 1. The summed E-state index contributed by atoms with van der Waals surface area (Å²) in [5.74, 6) is 1.00. The number of aromatic hydroxyl groups is 1. The highest BCUT2D eigenvalue weighted by Crippen LogP contribution is 2.22. The molecular formula is C10H11N3O2. The highest BCUT2D eigenvalue weighted by atomic mass is 16.5. The summed E-state index contributed by atoms with van der Waals surface area (Å²) >= 11 is 0. The summed E-state index contributed by atoms with van der Waals surface area (Å²) < 4.78 is 4.88. The van der Waals surface area contributed by atoms with Gasteiger partial charge in [-0.15, -0.1) is 0 Å². The van der Waals surface area contributed by atoms with E-state index >= 15 is 0 Å². The van der Waals surface area contributed by atoms with Crippen molar-refractivity contribution in [1.29, 1.82) is 0 Å². The van der Waals surface area contributed by atoms with E-state index in [0.29, 0.717) is 11.7 Å². The second-order valence-corrected chi connectivity index (χ2v) is 3.27. The van der Waals surface area contributed by atoms with Crippen LogP contribution in [0.25, 0.3) is 11.4 Å². The molecule has 0 unspecified atom stereocenters. The topological polar surface area (TPSA) is 85.2 Å². The fraction of sp³-hybridized carbons (Fsp3) is 0.200. The predicted molar refractivity (Wildman–Crippen MR) is 54.0 cm³/mol. The summed E-state index contributed by atoms with van der Waals surface area (Å²) in [6.45, 7) is 2.10. The molecule has 2 rings (SSSR count). The first kappa shape index (κ1) is 9.67. The minimum Gasteiger partial charge on any atom is -0.508 e. The standard InChI is InChI=1S/C10H11N3O2/c1-6-2-7(4-8(14)3-6)10-12-9(5-11)15-13-10/h2-4,14H,5,11H2,1H3. The molecule has 5 nitrogen and oxygen atoms in total. The maximum absolute atomic E-state index is 9.41. The summed E-state index contributed by atoms with van der Waals surface area (Å²) in [6.07, 6.45) is 0. The van der Waals surface area contributed by atoms with Gasteiger partial charge in [0.05, 0.1) is 6.54 Å². The van der Waals surface area contributed by atoms with Crippen LogP contribution in [0.3, 0.4) is 0 Å². The SMILES string of the molecule is Cc1cc(O)cc(-c2noc(CN)n2)c1. The Kier molecular flexibility index (Phi) is 2.39. The van der Waals surface area contributed by atoms with Crippen molar-refractivity contribution in [3.63, 3.8) is 0 Å². The molecule has 1 aromatic carbocycles. The number of phenolic OH excluding ortho intramolecular Hbond substituents is 1. The Balaban J connectivity index is 2.44. The van der Waals surface area contributed by atoms with E-state index in [4.69, 9.17) is 10.3 Å². The Hall–Kier alpha value is -1.88. The Bertz CT molecular complexity index is 459. The monoisotopic (exact) mass is 205 g/mol. The third kappa shape index (κ3) is 1.97. The van der Waals surface area contributed by atoms with Crippen LogP contribution in [0.5, 0.6) is 5.75 Å². The first-order valence-electron chi connectivity index (χ1n) is 4.52. The average molecular weight is 205 g/mol. The number of nitrogens with two attached hydrogens (primary N) is 1. The van der Waals surface area contributed by atoms with Gasteiger partial charge in [-0.2, -0.15) is 4.98 Å². The van der Waals surface area contributed by atoms with E-state index in [1.54, 1.807) is 12.1 Å². The van der Waals surface area contributed by atoms with Gasteiger partial charge in [-0.3, -0.25) is 0 Å². The molecule has 0 saturated heterocycles. The molecule has 3 N–H and O–H groups in total. The van der Waals surface area contributed by atoms with Crippen molar-refractivity contribution in [3.05, 3.63) is 29.7 Å². The quantitative estimate of drug-likeness (QED) is 0.769. The Morgan fingerprint density at radius 3 is 2.80 bits per heavy atom. The first-order valence-corrected chi connectivity index (χ1v) is 4.52. The third-order valence-electron chi connectivity index (χ3n) is 1.96. The van der Waals surface area contributed by atoms with Crippen molar-refractivity contribution in [2.75, 3.05) is 0 Å². The average Bonchev–Trinajstić information content (AvgIpc) is 2.64. The van der Waals surface area contributed by atoms with Gasteiger partial charge in [-0.25, -0.2) is 0 Å². The lowest BCUT2D eigenvalue weighted by Crippen LogP contribution is -1.95. The van der Waals surface area contributed by atoms with Crippen LogP contribution < -0.4 is 5.73 Å². The van der Waals surface area contributed by atoms with Gasteiger partial charge >= 0.3 is 0 Å². The van der Waals surface area contributed by atoms with E-state index in [-0.39, 0.29) is 12.3 Å². The molecule has 15 heavy (non-hydrogen) atoms. The van der Waals surface area contributed by atoms with E-state index in [1.165, 1.54) is 0 Å². The molecule has 0 saturated carbocycles. The highest BCUT2D eigenvalue weighted by molar-refractivity contribution is 5.58. The Morgan fingerprint density at radius 2 is 2.20 bits per heavy atom. The minimum absolute atomic E-state index is 0.184. The normalized spacial score (nSPS) is 10.5. The molecule has 0 fully saturated rings. The summed E-state index contributed by atoms with van der Waals surface area (Å²) in [5.41, 5.74) is 7.01. The maximum Gasteiger partial charge on any atom is 0.240 e. The summed E-state index contributed by atoms with van der Waals surface area (Å²) in [7, 11) is 0. The van der Waals surface area contributed by atoms with Gasteiger partial charge in [0, 0.05) is 5.56 Å². The second kappa shape index (κ2) is 3.70. The first-order chi connectivity index (χ1) is 7.19. The van der Waals surface area contributed by atoms with Crippen molar-refractivity contribution >= 4 is 0 Å². The van der Waals surface area contributed by atoms with Gasteiger partial charge in [-0.1, -0.05) is 5.16 Å². The van der Waals surface area contributed by atoms with Crippen molar-refractivity contribution in [3.8, 4) is 17.1 Å². The second-order valence-electron chi connectivity index (χ2n) is 3.27. The molecule has 78 valence electrons. The van der Waals surface area contributed by atoms with E-state index in [1.807, 2.05) is 13.0 Å². The van der Waals surface area contributed by atoms with Crippen LogP contribution >= 0.6 is 0 Å². The lowest BCUT2D eigenvalue weighted by molar-refractivity contribution is 0.380. The fourth-order valence-electron chi connectivity index (χ4n) is 1.35. The molecule has 0 aliphatic heterocycles. The largest absolute Gasteiger partial charge is 0.508 e. The zero-order valence-electron chi connectivity index (χ0n) is 8.27. The molecule has 0 bridgehead atoms. The van der Waals surface area contributed by atoms with Crippen LogP contribution in [0.4, 0.5) is 0 Å². The van der Waals surface area contributed by atoms with Gasteiger partial charge in [0.2, 0.25) is 11.7 Å². The van der Waals surface area contributed by atoms with Crippen LogP contribution in [0.15, 0.2) is 22.7 Å². The Labute approximate surface area is 86.5 Å². The van der Waals surface area contributed by atoms with Gasteiger partial charge in [0.15, 0.2) is 0 Å². The summed E-state index contributed by atoms with van der Waals surface area (Å²) in [4.78, 5) is 4.07. The van der Waals surface area contributed by atoms with Crippen LogP contribution in [0.2, 0.25) is 0 Å². The van der Waals surface area contributed by atoms with Crippen molar-refractivity contribution in [1.82, 2.24) is 10.1 Å². The Morgan fingerprint density at radius 1 is 1.40 bits per heavy atom. The van der Waals surface area contributed by atoms with Gasteiger partial charge in [0.25, 0.3) is 0 Å². The minimum atomic E-state index is 0.184. The zero-order valence-corrected chi connectivity index (χ0v) is 8.27. The molecule has 0 aliphatic rings. The molecule has 0 amide bonds. The fourth-order valence-corrected chi connectivity index (χ4v) is 1.35. The summed E-state index contributed by atoms with van der Waals surface area (Å²) in [5, 5.41) is 13.2. The van der Waals surface area contributed by atoms with Crippen molar-refractivity contribution < 1.29 is 9.63 Å². The molecule has 1 heterocycles.